The van der Waals surface area contributed by atoms with Crippen LogP contribution in [0.4, 0.5) is 0 Å². The van der Waals surface area contributed by atoms with Gasteiger partial charge in [0.15, 0.2) is 0 Å². The van der Waals surface area contributed by atoms with Crippen LogP contribution in [0.15, 0.2) is 24.3 Å². The smallest absolute Gasteiger partial charge is 0.119 e. The molecule has 1 fully saturated rings. The fourth-order valence-corrected chi connectivity index (χ4v) is 3.44. The van der Waals surface area contributed by atoms with E-state index in [2.05, 4.69) is 31.2 Å². The van der Waals surface area contributed by atoms with Crippen molar-refractivity contribution in [2.75, 3.05) is 20.3 Å². The number of hydrogen-bond donors (Lipinski definition) is 1. The first-order valence-corrected chi connectivity index (χ1v) is 8.71. The molecule has 0 radical (unpaired) electrons. The van der Waals surface area contributed by atoms with E-state index in [4.69, 9.17) is 15.2 Å². The molecule has 0 aromatic heterocycles. The van der Waals surface area contributed by atoms with E-state index in [9.17, 15) is 0 Å². The third kappa shape index (κ3) is 4.99. The zero-order valence-corrected chi connectivity index (χ0v) is 14.1. The lowest BCUT2D eigenvalue weighted by Gasteiger charge is -2.32. The highest BCUT2D eigenvalue weighted by molar-refractivity contribution is 5.29. The fraction of sp³-hybridized carbons (Fsp3) is 0.684. The van der Waals surface area contributed by atoms with Gasteiger partial charge < -0.3 is 15.2 Å². The van der Waals surface area contributed by atoms with Gasteiger partial charge in [-0.2, -0.15) is 0 Å². The predicted octanol–water partition coefficient (Wildman–Crippen LogP) is 4.11. The van der Waals surface area contributed by atoms with Crippen molar-refractivity contribution >= 4 is 0 Å². The van der Waals surface area contributed by atoms with Crippen LogP contribution in [0.5, 0.6) is 5.75 Å². The lowest BCUT2D eigenvalue weighted by atomic mass is 9.76. The van der Waals surface area contributed by atoms with Crippen molar-refractivity contribution in [3.8, 4) is 5.75 Å². The molecule has 0 spiro atoms. The van der Waals surface area contributed by atoms with Gasteiger partial charge in [-0.3, -0.25) is 0 Å². The van der Waals surface area contributed by atoms with Gasteiger partial charge in [-0.25, -0.2) is 0 Å². The minimum absolute atomic E-state index is 0.392. The molecule has 1 aromatic rings. The zero-order chi connectivity index (χ0) is 15.8. The first kappa shape index (κ1) is 17.3. The quantitative estimate of drug-likeness (QED) is 0.735. The van der Waals surface area contributed by atoms with Gasteiger partial charge in [-0.15, -0.1) is 0 Å². The van der Waals surface area contributed by atoms with Crippen molar-refractivity contribution in [3.63, 3.8) is 0 Å². The molecule has 0 bridgehead atoms. The Morgan fingerprint density at radius 3 is 2.36 bits per heavy atom. The fourth-order valence-electron chi connectivity index (χ4n) is 3.44. The summed E-state index contributed by atoms with van der Waals surface area (Å²) in [7, 11) is 1.72. The molecule has 2 rings (SSSR count). The summed E-state index contributed by atoms with van der Waals surface area (Å²) in [5.41, 5.74) is 7.65. The standard InChI is InChI=1S/C19H31NO2/c1-3-19(20)17-7-5-15(6-8-17)16-9-11-18(12-10-16)22-14-4-13-21-2/h9-12,15,17,19H,3-8,13-14,20H2,1-2H3. The van der Waals surface area contributed by atoms with Crippen LogP contribution in [0.25, 0.3) is 0 Å². The van der Waals surface area contributed by atoms with E-state index in [1.807, 2.05) is 0 Å². The topological polar surface area (TPSA) is 44.5 Å². The van der Waals surface area contributed by atoms with Gasteiger partial charge in [0.1, 0.15) is 5.75 Å². The van der Waals surface area contributed by atoms with Crippen LogP contribution in [0.3, 0.4) is 0 Å². The Morgan fingerprint density at radius 2 is 1.77 bits per heavy atom. The number of benzene rings is 1. The molecule has 1 aliphatic carbocycles. The van der Waals surface area contributed by atoms with Gasteiger partial charge in [0.2, 0.25) is 0 Å². The lowest BCUT2D eigenvalue weighted by molar-refractivity contribution is 0.172. The number of nitrogens with two attached hydrogens (primary N) is 1. The van der Waals surface area contributed by atoms with Crippen molar-refractivity contribution in [3.05, 3.63) is 29.8 Å². The van der Waals surface area contributed by atoms with Gasteiger partial charge >= 0.3 is 0 Å². The molecular weight excluding hydrogens is 274 g/mol. The summed E-state index contributed by atoms with van der Waals surface area (Å²) >= 11 is 0. The third-order valence-electron chi connectivity index (χ3n) is 4.96. The summed E-state index contributed by atoms with van der Waals surface area (Å²) < 4.78 is 10.7. The molecule has 124 valence electrons. The number of ether oxygens (including phenoxy) is 2. The Balaban J connectivity index is 1.79. The van der Waals surface area contributed by atoms with Crippen LogP contribution in [0, 0.1) is 5.92 Å². The second kappa shape index (κ2) is 9.16. The van der Waals surface area contributed by atoms with E-state index in [0.29, 0.717) is 18.6 Å². The lowest BCUT2D eigenvalue weighted by Crippen LogP contribution is -2.32. The molecule has 1 atom stereocenters. The van der Waals surface area contributed by atoms with Gasteiger partial charge in [0.05, 0.1) is 6.61 Å². The molecule has 1 saturated carbocycles. The predicted molar refractivity (Wildman–Crippen MR) is 91.4 cm³/mol. The average Bonchev–Trinajstić information content (AvgIpc) is 2.59. The zero-order valence-electron chi connectivity index (χ0n) is 14.1. The van der Waals surface area contributed by atoms with Crippen molar-refractivity contribution in [2.24, 2.45) is 11.7 Å². The maximum Gasteiger partial charge on any atom is 0.119 e. The molecule has 0 saturated heterocycles. The summed E-state index contributed by atoms with van der Waals surface area (Å²) in [6.07, 6.45) is 7.12. The summed E-state index contributed by atoms with van der Waals surface area (Å²) in [5, 5.41) is 0. The van der Waals surface area contributed by atoms with E-state index in [1.165, 1.54) is 31.2 Å². The third-order valence-corrected chi connectivity index (χ3v) is 4.96. The maximum absolute atomic E-state index is 6.19. The van der Waals surface area contributed by atoms with Crippen LogP contribution < -0.4 is 10.5 Å². The minimum Gasteiger partial charge on any atom is -0.494 e. The molecule has 1 aliphatic rings. The number of hydrogen-bond acceptors (Lipinski definition) is 3. The number of methoxy groups -OCH3 is 1. The van der Waals surface area contributed by atoms with Crippen LogP contribution >= 0.6 is 0 Å². The molecule has 1 unspecified atom stereocenters. The van der Waals surface area contributed by atoms with Gasteiger partial charge in [0.25, 0.3) is 0 Å². The summed E-state index contributed by atoms with van der Waals surface area (Å²) in [5.74, 6) is 2.38. The van der Waals surface area contributed by atoms with Crippen molar-refractivity contribution in [1.82, 2.24) is 0 Å². The van der Waals surface area contributed by atoms with Crippen molar-refractivity contribution < 1.29 is 9.47 Å². The van der Waals surface area contributed by atoms with E-state index in [1.54, 1.807) is 7.11 Å². The molecule has 3 heteroatoms. The molecule has 0 heterocycles. The average molecular weight is 305 g/mol. The monoisotopic (exact) mass is 305 g/mol. The molecule has 22 heavy (non-hydrogen) atoms. The van der Waals surface area contributed by atoms with E-state index in [-0.39, 0.29) is 0 Å². The molecule has 3 nitrogen and oxygen atoms in total. The summed E-state index contributed by atoms with van der Waals surface area (Å²) in [4.78, 5) is 0. The molecule has 2 N–H and O–H groups in total. The largest absolute Gasteiger partial charge is 0.494 e. The van der Waals surface area contributed by atoms with Crippen LogP contribution in [0.1, 0.15) is 56.9 Å². The molecule has 0 aliphatic heterocycles. The number of rotatable bonds is 8. The van der Waals surface area contributed by atoms with Crippen LogP contribution in [-0.4, -0.2) is 26.4 Å². The maximum atomic E-state index is 6.19. The van der Waals surface area contributed by atoms with Crippen LogP contribution in [-0.2, 0) is 4.74 Å². The highest BCUT2D eigenvalue weighted by atomic mass is 16.5. The first-order valence-electron chi connectivity index (χ1n) is 8.71. The summed E-state index contributed by atoms with van der Waals surface area (Å²) in [6, 6.07) is 9.06. The highest BCUT2D eigenvalue weighted by Crippen LogP contribution is 2.37. The second-order valence-corrected chi connectivity index (χ2v) is 6.45. The van der Waals surface area contributed by atoms with Crippen molar-refractivity contribution in [1.29, 1.82) is 0 Å². The van der Waals surface area contributed by atoms with Gasteiger partial charge in [0, 0.05) is 26.2 Å². The first-order chi connectivity index (χ1) is 10.7. The van der Waals surface area contributed by atoms with Crippen molar-refractivity contribution in [2.45, 2.75) is 57.4 Å². The summed E-state index contributed by atoms with van der Waals surface area (Å²) in [6.45, 7) is 3.66. The van der Waals surface area contributed by atoms with E-state index < -0.39 is 0 Å². The Labute approximate surface area is 135 Å². The molecule has 0 amide bonds. The molecular formula is C19H31NO2. The van der Waals surface area contributed by atoms with Gasteiger partial charge in [-0.05, 0) is 61.6 Å². The Kier molecular flexibility index (Phi) is 7.20. The van der Waals surface area contributed by atoms with Crippen LogP contribution in [0.2, 0.25) is 0 Å². The van der Waals surface area contributed by atoms with Gasteiger partial charge in [-0.1, -0.05) is 19.1 Å². The van der Waals surface area contributed by atoms with E-state index in [0.717, 1.165) is 31.1 Å². The second-order valence-electron chi connectivity index (χ2n) is 6.45. The highest BCUT2D eigenvalue weighted by Gasteiger charge is 2.25. The van der Waals surface area contributed by atoms with E-state index >= 15 is 0 Å². The minimum atomic E-state index is 0.392. The normalized spacial score (nSPS) is 23.2. The Bertz CT molecular complexity index is 410. The Morgan fingerprint density at radius 1 is 1.09 bits per heavy atom. The Hall–Kier alpha value is -1.06. The SMILES string of the molecule is CCC(N)C1CCC(c2ccc(OCCCOC)cc2)CC1. The molecule has 1 aromatic carbocycles.